The fourth-order valence-electron chi connectivity index (χ4n) is 1.65. The van der Waals surface area contributed by atoms with Gasteiger partial charge in [0.05, 0.1) is 13.7 Å². The van der Waals surface area contributed by atoms with Crippen LogP contribution in [0.2, 0.25) is 0 Å². The van der Waals surface area contributed by atoms with Crippen LogP contribution in [0.3, 0.4) is 0 Å². The molecule has 0 spiro atoms. The van der Waals surface area contributed by atoms with Crippen LogP contribution in [-0.4, -0.2) is 35.4 Å². The Morgan fingerprint density at radius 2 is 2.16 bits per heavy atom. The van der Waals surface area contributed by atoms with E-state index in [2.05, 4.69) is 9.72 Å². The summed E-state index contributed by atoms with van der Waals surface area (Å²) in [6.07, 6.45) is 0.897. The number of hydrogen-bond donors (Lipinski definition) is 0. The highest BCUT2D eigenvalue weighted by atomic mass is 32.1. The van der Waals surface area contributed by atoms with E-state index in [1.807, 2.05) is 20.8 Å². The molecule has 0 saturated carbocycles. The van der Waals surface area contributed by atoms with Gasteiger partial charge in [0.1, 0.15) is 5.01 Å². The van der Waals surface area contributed by atoms with Crippen LogP contribution < -0.4 is 0 Å². The minimum Gasteiger partial charge on any atom is -0.464 e. The fraction of sp³-hybridized carbons (Fsp3) is 0.615. The van der Waals surface area contributed by atoms with E-state index < -0.39 is 5.97 Å². The van der Waals surface area contributed by atoms with E-state index in [0.29, 0.717) is 18.8 Å². The van der Waals surface area contributed by atoms with Crippen LogP contribution in [0.4, 0.5) is 0 Å². The molecule has 106 valence electrons. The molecule has 1 amide bonds. The summed E-state index contributed by atoms with van der Waals surface area (Å²) in [5.74, 6) is -0.372. The van der Waals surface area contributed by atoms with Crippen molar-refractivity contribution in [2.24, 2.45) is 5.92 Å². The number of methoxy groups -OCH3 is 1. The Bertz CT molecular complexity index is 443. The third kappa shape index (κ3) is 4.31. The van der Waals surface area contributed by atoms with Crippen molar-refractivity contribution in [1.29, 1.82) is 0 Å². The second-order valence-electron chi connectivity index (χ2n) is 4.53. The monoisotopic (exact) mass is 284 g/mol. The Hall–Kier alpha value is -1.43. The van der Waals surface area contributed by atoms with Crippen molar-refractivity contribution in [2.45, 2.75) is 33.7 Å². The van der Waals surface area contributed by atoms with Gasteiger partial charge in [0.2, 0.25) is 5.91 Å². The molecule has 0 aliphatic rings. The first-order valence-corrected chi connectivity index (χ1v) is 7.19. The van der Waals surface area contributed by atoms with Gasteiger partial charge in [-0.1, -0.05) is 20.8 Å². The van der Waals surface area contributed by atoms with Gasteiger partial charge < -0.3 is 9.64 Å². The molecule has 1 heterocycles. The zero-order chi connectivity index (χ0) is 14.4. The molecule has 0 N–H and O–H groups in total. The molecule has 1 rings (SSSR count). The van der Waals surface area contributed by atoms with Crippen molar-refractivity contribution in [1.82, 2.24) is 9.88 Å². The van der Waals surface area contributed by atoms with Gasteiger partial charge in [-0.3, -0.25) is 4.79 Å². The number of rotatable bonds is 6. The van der Waals surface area contributed by atoms with Gasteiger partial charge in [0, 0.05) is 17.8 Å². The minimum absolute atomic E-state index is 0.0356. The average Bonchev–Trinajstić information content (AvgIpc) is 2.84. The van der Waals surface area contributed by atoms with Crippen LogP contribution in [0.15, 0.2) is 5.38 Å². The molecule has 5 nitrogen and oxygen atoms in total. The Morgan fingerprint density at radius 3 is 2.68 bits per heavy atom. The number of carbonyl (C=O) groups is 2. The number of thiazole rings is 1. The Labute approximate surface area is 117 Å². The summed E-state index contributed by atoms with van der Waals surface area (Å²) in [5.41, 5.74) is 0.302. The van der Waals surface area contributed by atoms with Crippen LogP contribution in [-0.2, 0) is 16.1 Å². The molecule has 19 heavy (non-hydrogen) atoms. The maximum Gasteiger partial charge on any atom is 0.357 e. The quantitative estimate of drug-likeness (QED) is 0.752. The van der Waals surface area contributed by atoms with Crippen LogP contribution >= 0.6 is 11.3 Å². The third-order valence-corrected chi connectivity index (χ3v) is 3.41. The highest BCUT2D eigenvalue weighted by molar-refractivity contribution is 7.09. The maximum absolute atomic E-state index is 12.0. The van der Waals surface area contributed by atoms with E-state index in [4.69, 9.17) is 0 Å². The fourth-order valence-corrected chi connectivity index (χ4v) is 2.43. The van der Waals surface area contributed by atoms with Crippen LogP contribution in [0.5, 0.6) is 0 Å². The van der Waals surface area contributed by atoms with Crippen molar-refractivity contribution >= 4 is 23.2 Å². The predicted molar refractivity (Wildman–Crippen MR) is 74.0 cm³/mol. The molecule has 0 aliphatic heterocycles. The van der Waals surface area contributed by atoms with E-state index in [9.17, 15) is 9.59 Å². The summed E-state index contributed by atoms with van der Waals surface area (Å²) >= 11 is 1.37. The molecule has 0 fully saturated rings. The molecule has 0 atom stereocenters. The molecule has 1 aromatic heterocycles. The molecule has 0 aromatic carbocycles. The lowest BCUT2D eigenvalue weighted by atomic mass is 10.2. The van der Waals surface area contributed by atoms with Gasteiger partial charge in [0.25, 0.3) is 0 Å². The standard InChI is InChI=1S/C13H20N2O3S/c1-5-6-15(12(16)9(2)3)7-11-14-10(8-19-11)13(17)18-4/h8-9H,5-7H2,1-4H3. The smallest absolute Gasteiger partial charge is 0.357 e. The number of amides is 1. The highest BCUT2D eigenvalue weighted by Crippen LogP contribution is 2.15. The first kappa shape index (κ1) is 15.6. The SMILES string of the molecule is CCCN(Cc1nc(C(=O)OC)cs1)C(=O)C(C)C. The lowest BCUT2D eigenvalue weighted by Crippen LogP contribution is -2.34. The first-order valence-electron chi connectivity index (χ1n) is 6.31. The number of hydrogen-bond acceptors (Lipinski definition) is 5. The molecule has 0 bridgehead atoms. The Balaban J connectivity index is 2.76. The van der Waals surface area contributed by atoms with Gasteiger partial charge in [-0.2, -0.15) is 0 Å². The summed E-state index contributed by atoms with van der Waals surface area (Å²) in [6.45, 7) is 6.94. The normalized spacial score (nSPS) is 10.6. The Kier molecular flexibility index (Phi) is 5.95. The number of ether oxygens (including phenoxy) is 1. The van der Waals surface area contributed by atoms with Gasteiger partial charge in [0.15, 0.2) is 5.69 Å². The van der Waals surface area contributed by atoms with Crippen molar-refractivity contribution in [2.75, 3.05) is 13.7 Å². The van der Waals surface area contributed by atoms with E-state index in [1.165, 1.54) is 18.4 Å². The molecule has 0 aliphatic carbocycles. The minimum atomic E-state index is -0.445. The van der Waals surface area contributed by atoms with Crippen molar-refractivity contribution in [3.8, 4) is 0 Å². The number of carbonyl (C=O) groups excluding carboxylic acids is 2. The number of esters is 1. The third-order valence-electron chi connectivity index (χ3n) is 2.57. The number of aromatic nitrogens is 1. The van der Waals surface area contributed by atoms with Crippen LogP contribution in [0, 0.1) is 5.92 Å². The highest BCUT2D eigenvalue weighted by Gasteiger charge is 2.19. The topological polar surface area (TPSA) is 59.5 Å². The van der Waals surface area contributed by atoms with Crippen molar-refractivity contribution in [3.05, 3.63) is 16.1 Å². The summed E-state index contributed by atoms with van der Waals surface area (Å²) in [7, 11) is 1.33. The predicted octanol–water partition coefficient (Wildman–Crippen LogP) is 2.32. The summed E-state index contributed by atoms with van der Waals surface area (Å²) in [5, 5.41) is 2.41. The average molecular weight is 284 g/mol. The number of nitrogens with zero attached hydrogens (tertiary/aromatic N) is 2. The second-order valence-corrected chi connectivity index (χ2v) is 5.48. The van der Waals surface area contributed by atoms with Crippen LogP contribution in [0.1, 0.15) is 42.7 Å². The molecule has 0 unspecified atom stereocenters. The van der Waals surface area contributed by atoms with E-state index in [-0.39, 0.29) is 11.8 Å². The van der Waals surface area contributed by atoms with Crippen molar-refractivity contribution < 1.29 is 14.3 Å². The maximum atomic E-state index is 12.0. The van der Waals surface area contributed by atoms with Crippen molar-refractivity contribution in [3.63, 3.8) is 0 Å². The summed E-state index contributed by atoms with van der Waals surface area (Å²) in [4.78, 5) is 29.3. The van der Waals surface area contributed by atoms with Gasteiger partial charge >= 0.3 is 5.97 Å². The molecular formula is C13H20N2O3S. The lowest BCUT2D eigenvalue weighted by Gasteiger charge is -2.22. The summed E-state index contributed by atoms with van der Waals surface area (Å²) in [6, 6.07) is 0. The zero-order valence-corrected chi connectivity index (χ0v) is 12.6. The van der Waals surface area contributed by atoms with E-state index >= 15 is 0 Å². The molecule has 0 radical (unpaired) electrons. The Morgan fingerprint density at radius 1 is 1.47 bits per heavy atom. The van der Waals surface area contributed by atoms with Crippen LogP contribution in [0.25, 0.3) is 0 Å². The molecule has 6 heteroatoms. The zero-order valence-electron chi connectivity index (χ0n) is 11.8. The van der Waals surface area contributed by atoms with Gasteiger partial charge in [-0.05, 0) is 6.42 Å². The largest absolute Gasteiger partial charge is 0.464 e. The lowest BCUT2D eigenvalue weighted by molar-refractivity contribution is -0.135. The molecule has 0 saturated heterocycles. The van der Waals surface area contributed by atoms with E-state index in [1.54, 1.807) is 10.3 Å². The first-order chi connectivity index (χ1) is 8.99. The second kappa shape index (κ2) is 7.23. The molecular weight excluding hydrogens is 264 g/mol. The van der Waals surface area contributed by atoms with Gasteiger partial charge in [-0.15, -0.1) is 11.3 Å². The van der Waals surface area contributed by atoms with E-state index in [0.717, 1.165) is 11.4 Å². The van der Waals surface area contributed by atoms with Gasteiger partial charge in [-0.25, -0.2) is 9.78 Å². The summed E-state index contributed by atoms with van der Waals surface area (Å²) < 4.78 is 4.61. The molecule has 1 aromatic rings.